The van der Waals surface area contributed by atoms with E-state index in [1.165, 1.54) is 12.1 Å². The average molecular weight is 386 g/mol. The normalized spacial score (nSPS) is 16.1. The minimum absolute atomic E-state index is 0. The summed E-state index contributed by atoms with van der Waals surface area (Å²) in [5, 5.41) is 9.50. The van der Waals surface area contributed by atoms with E-state index in [2.05, 4.69) is 4.72 Å². The molecule has 1 heterocycles. The Bertz CT molecular complexity index is 344. The summed E-state index contributed by atoms with van der Waals surface area (Å²) in [7, 11) is 0. The molecule has 124 valence electrons. The molecule has 1 fully saturated rings. The number of carbonyl (C=O) groups is 2. The molecule has 0 aromatic heterocycles. The predicted molar refractivity (Wildman–Crippen MR) is 87.1 cm³/mol. The number of hydrogen-bond acceptors (Lipinski definition) is 6. The highest BCUT2D eigenvalue weighted by molar-refractivity contribution is 8.93. The van der Waals surface area contributed by atoms with Gasteiger partial charge in [0.05, 0.1) is 5.60 Å². The van der Waals surface area contributed by atoms with Crippen molar-refractivity contribution in [1.29, 1.82) is 0 Å². The van der Waals surface area contributed by atoms with Crippen molar-refractivity contribution in [2.75, 3.05) is 32.8 Å². The Morgan fingerprint density at radius 2 is 1.86 bits per heavy atom. The largest absolute Gasteiger partial charge is 0.446 e. The molecule has 2 amide bonds. The zero-order valence-corrected chi connectivity index (χ0v) is 15.2. The fourth-order valence-electron chi connectivity index (χ4n) is 1.48. The lowest BCUT2D eigenvalue weighted by molar-refractivity contribution is -0.118. The van der Waals surface area contributed by atoms with E-state index < -0.39 is 11.7 Å². The molecule has 0 saturated carbocycles. The van der Waals surface area contributed by atoms with Crippen LogP contribution in [0.3, 0.4) is 0 Å². The van der Waals surface area contributed by atoms with Gasteiger partial charge in [0.2, 0.25) is 5.91 Å². The second kappa shape index (κ2) is 9.50. The van der Waals surface area contributed by atoms with Gasteiger partial charge in [0.1, 0.15) is 6.61 Å². The first kappa shape index (κ1) is 20.5. The number of carbonyl (C=O) groups excluding carboxylic acids is 2. The Hall–Kier alpha value is -0.510. The van der Waals surface area contributed by atoms with Crippen LogP contribution < -0.4 is 4.72 Å². The Labute approximate surface area is 140 Å². The predicted octanol–water partition coefficient (Wildman–Crippen LogP) is 1.18. The molecule has 1 saturated heterocycles. The molecule has 7 nitrogen and oxygen atoms in total. The molecule has 2 N–H and O–H groups in total. The molecule has 0 bridgehead atoms. The highest BCUT2D eigenvalue weighted by Crippen LogP contribution is 2.12. The molecule has 1 aliphatic rings. The number of piperazine rings is 1. The summed E-state index contributed by atoms with van der Waals surface area (Å²) in [5.41, 5.74) is -1.02. The number of nitrogens with zero attached hydrogens (tertiary/aromatic N) is 2. The smallest absolute Gasteiger partial charge is 0.409 e. The third-order valence-corrected chi connectivity index (χ3v) is 3.60. The topological polar surface area (TPSA) is 82.1 Å². The van der Waals surface area contributed by atoms with Crippen LogP contribution in [0.4, 0.5) is 4.79 Å². The fraction of sp³-hybridized carbons (Fsp3) is 0.833. The van der Waals surface area contributed by atoms with Gasteiger partial charge in [0.15, 0.2) is 0 Å². The third-order valence-electron chi connectivity index (χ3n) is 2.66. The number of nitrogens with one attached hydrogen (secondary N) is 1. The summed E-state index contributed by atoms with van der Waals surface area (Å²) in [6.45, 7) is 7.36. The van der Waals surface area contributed by atoms with Gasteiger partial charge in [-0.25, -0.2) is 9.10 Å². The molecule has 21 heavy (non-hydrogen) atoms. The van der Waals surface area contributed by atoms with Crippen molar-refractivity contribution in [3.05, 3.63) is 0 Å². The van der Waals surface area contributed by atoms with E-state index in [0.717, 1.165) is 0 Å². The van der Waals surface area contributed by atoms with Crippen LogP contribution in [0.2, 0.25) is 0 Å². The molecule has 0 aromatic rings. The first-order valence-electron chi connectivity index (χ1n) is 6.66. The van der Waals surface area contributed by atoms with Gasteiger partial charge in [0.25, 0.3) is 0 Å². The molecule has 0 unspecified atom stereocenters. The van der Waals surface area contributed by atoms with Crippen LogP contribution >= 0.6 is 29.1 Å². The van der Waals surface area contributed by atoms with Crippen molar-refractivity contribution < 1.29 is 19.4 Å². The quantitative estimate of drug-likeness (QED) is 0.691. The lowest BCUT2D eigenvalue weighted by atomic mass is 10.2. The van der Waals surface area contributed by atoms with Gasteiger partial charge in [-0.3, -0.25) is 9.52 Å². The molecule has 1 rings (SSSR count). The Morgan fingerprint density at radius 1 is 1.29 bits per heavy atom. The Morgan fingerprint density at radius 3 is 2.33 bits per heavy atom. The summed E-state index contributed by atoms with van der Waals surface area (Å²) in [6, 6.07) is 0. The summed E-state index contributed by atoms with van der Waals surface area (Å²) >= 11 is 1.28. The van der Waals surface area contributed by atoms with Crippen LogP contribution in [0.5, 0.6) is 0 Å². The molecular weight excluding hydrogens is 362 g/mol. The first-order chi connectivity index (χ1) is 9.31. The summed E-state index contributed by atoms with van der Waals surface area (Å²) in [4.78, 5) is 24.5. The van der Waals surface area contributed by atoms with Gasteiger partial charge in [-0.15, -0.1) is 17.0 Å². The van der Waals surface area contributed by atoms with Crippen LogP contribution in [0.1, 0.15) is 27.2 Å². The lowest BCUT2D eigenvalue weighted by Gasteiger charge is -2.33. The molecule has 0 spiro atoms. The van der Waals surface area contributed by atoms with Crippen molar-refractivity contribution in [3.63, 3.8) is 0 Å². The zero-order valence-electron chi connectivity index (χ0n) is 12.6. The van der Waals surface area contributed by atoms with Gasteiger partial charge in [0, 0.05) is 44.7 Å². The lowest BCUT2D eigenvalue weighted by Crippen LogP contribution is -2.48. The number of amides is 2. The van der Waals surface area contributed by atoms with Gasteiger partial charge >= 0.3 is 6.09 Å². The Balaban J connectivity index is 0.00000400. The second-order valence-electron chi connectivity index (χ2n) is 5.25. The van der Waals surface area contributed by atoms with Crippen molar-refractivity contribution in [2.24, 2.45) is 0 Å². The number of hydrogen-bond donors (Lipinski definition) is 2. The standard InChI is InChI=1S/C12H23N3O4S.BrH/c1-4-10(16)13-20-15-7-5-14(6-8-15)11(17)19-9-12(2,3)18;/h18H,4-9H2,1-3H3,(H,13,16);1H. The van der Waals surface area contributed by atoms with E-state index in [1.54, 1.807) is 25.7 Å². The highest BCUT2D eigenvalue weighted by atomic mass is 79.9. The van der Waals surface area contributed by atoms with E-state index in [-0.39, 0.29) is 29.5 Å². The zero-order chi connectivity index (χ0) is 15.2. The van der Waals surface area contributed by atoms with Gasteiger partial charge in [-0.05, 0) is 13.8 Å². The summed E-state index contributed by atoms with van der Waals surface area (Å²) < 4.78 is 9.76. The minimum Gasteiger partial charge on any atom is -0.446 e. The fourth-order valence-corrected chi connectivity index (χ4v) is 2.20. The van der Waals surface area contributed by atoms with Crippen LogP contribution in [-0.2, 0) is 9.53 Å². The molecule has 0 aliphatic carbocycles. The molecule has 0 aromatic carbocycles. The van der Waals surface area contributed by atoms with Crippen LogP contribution in [0.25, 0.3) is 0 Å². The number of rotatable bonds is 5. The van der Waals surface area contributed by atoms with E-state index in [4.69, 9.17) is 4.74 Å². The van der Waals surface area contributed by atoms with E-state index in [9.17, 15) is 14.7 Å². The maximum atomic E-state index is 11.8. The number of halogens is 1. The minimum atomic E-state index is -1.02. The molecule has 9 heteroatoms. The molecular formula is C12H24BrN3O4S. The van der Waals surface area contributed by atoms with Crippen molar-refractivity contribution in [1.82, 2.24) is 13.9 Å². The van der Waals surface area contributed by atoms with Crippen LogP contribution in [0.15, 0.2) is 0 Å². The van der Waals surface area contributed by atoms with Crippen LogP contribution in [0, 0.1) is 0 Å². The van der Waals surface area contributed by atoms with Gasteiger partial charge in [-0.2, -0.15) is 0 Å². The summed E-state index contributed by atoms with van der Waals surface area (Å²) in [5.74, 6) is -0.0120. The maximum Gasteiger partial charge on any atom is 0.409 e. The average Bonchev–Trinajstić information content (AvgIpc) is 2.41. The van der Waals surface area contributed by atoms with E-state index in [0.29, 0.717) is 32.6 Å². The third kappa shape index (κ3) is 8.50. The first-order valence-corrected chi connectivity index (χ1v) is 7.44. The summed E-state index contributed by atoms with van der Waals surface area (Å²) in [6.07, 6.45) is 0.0466. The number of aliphatic hydroxyl groups is 1. The SMILES string of the molecule is Br.CCC(=O)NSN1CCN(C(=O)OCC(C)(C)O)CC1. The van der Waals surface area contributed by atoms with Gasteiger partial charge < -0.3 is 14.7 Å². The van der Waals surface area contributed by atoms with Crippen LogP contribution in [-0.4, -0.2) is 64.7 Å². The molecule has 0 radical (unpaired) electrons. The van der Waals surface area contributed by atoms with Crippen molar-refractivity contribution in [2.45, 2.75) is 32.8 Å². The Kier molecular flexibility index (Phi) is 9.26. The molecule has 0 atom stereocenters. The maximum absolute atomic E-state index is 11.8. The van der Waals surface area contributed by atoms with E-state index >= 15 is 0 Å². The number of ether oxygens (including phenoxy) is 1. The highest BCUT2D eigenvalue weighted by Gasteiger charge is 2.24. The second-order valence-corrected chi connectivity index (χ2v) is 6.16. The van der Waals surface area contributed by atoms with Crippen molar-refractivity contribution >= 4 is 41.1 Å². The van der Waals surface area contributed by atoms with Crippen molar-refractivity contribution in [3.8, 4) is 0 Å². The van der Waals surface area contributed by atoms with Gasteiger partial charge in [-0.1, -0.05) is 6.92 Å². The van der Waals surface area contributed by atoms with E-state index in [1.807, 2.05) is 4.31 Å². The monoisotopic (exact) mass is 385 g/mol. The molecule has 1 aliphatic heterocycles.